The van der Waals surface area contributed by atoms with E-state index in [0.717, 1.165) is 51.4 Å². The van der Waals surface area contributed by atoms with E-state index in [0.29, 0.717) is 19.4 Å². The van der Waals surface area contributed by atoms with Gasteiger partial charge in [0.05, 0.1) is 25.4 Å². The number of esters is 1. The number of aliphatic hydroxyl groups excluding tert-OH is 2. The Labute approximate surface area is 486 Å². The molecule has 3 N–H and O–H groups in total. The molecule has 1 amide bonds. The molecule has 0 aromatic heterocycles. The SMILES string of the molecule is CCC/C=C\C/C=C\CCCCCCCC(=O)OCCCCCCCCCCCCCC/C=C\CCCCCCCCCCCCC(=O)NC(CO)C(O)/C=C/CCCCCCCCCCCCCCCCCCCCCC. The van der Waals surface area contributed by atoms with E-state index in [2.05, 4.69) is 55.6 Å². The topological polar surface area (TPSA) is 95.9 Å². The summed E-state index contributed by atoms with van der Waals surface area (Å²) in [7, 11) is 0. The number of nitrogens with one attached hydrogen (secondary N) is 1. The van der Waals surface area contributed by atoms with Crippen LogP contribution in [0.2, 0.25) is 0 Å². The Hall–Kier alpha value is -2.18. The van der Waals surface area contributed by atoms with Crippen LogP contribution in [0.15, 0.2) is 48.6 Å². The van der Waals surface area contributed by atoms with Gasteiger partial charge in [0.1, 0.15) is 0 Å². The van der Waals surface area contributed by atoms with Crippen molar-refractivity contribution in [2.24, 2.45) is 0 Å². The number of hydrogen-bond acceptors (Lipinski definition) is 5. The summed E-state index contributed by atoms with van der Waals surface area (Å²) in [5.74, 6) is -0.0682. The summed E-state index contributed by atoms with van der Waals surface area (Å²) in [5.41, 5.74) is 0. The lowest BCUT2D eigenvalue weighted by atomic mass is 10.0. The smallest absolute Gasteiger partial charge is 0.305 e. The van der Waals surface area contributed by atoms with Crippen LogP contribution in [0.25, 0.3) is 0 Å². The molecule has 0 spiro atoms. The van der Waals surface area contributed by atoms with E-state index >= 15 is 0 Å². The summed E-state index contributed by atoms with van der Waals surface area (Å²) in [6.07, 6.45) is 87.6. The number of allylic oxidation sites excluding steroid dienone is 7. The third-order valence-corrected chi connectivity index (χ3v) is 16.0. The number of rotatable bonds is 65. The molecule has 0 aromatic carbocycles. The monoisotopic (exact) mass is 1090 g/mol. The Kier molecular flexibility index (Phi) is 65.4. The second-order valence-electron chi connectivity index (χ2n) is 23.9. The van der Waals surface area contributed by atoms with Crippen LogP contribution in [0.1, 0.15) is 373 Å². The van der Waals surface area contributed by atoms with Gasteiger partial charge in [-0.1, -0.05) is 326 Å². The third kappa shape index (κ3) is 63.0. The molecule has 78 heavy (non-hydrogen) atoms. The number of carbonyl (C=O) groups excluding carboxylic acids is 2. The molecule has 0 bridgehead atoms. The normalized spacial score (nSPS) is 12.8. The van der Waals surface area contributed by atoms with E-state index in [1.54, 1.807) is 6.08 Å². The highest BCUT2D eigenvalue weighted by Crippen LogP contribution is 2.18. The van der Waals surface area contributed by atoms with Gasteiger partial charge < -0.3 is 20.3 Å². The molecule has 2 unspecified atom stereocenters. The number of unbranched alkanes of at least 4 members (excludes halogenated alkanes) is 48. The summed E-state index contributed by atoms with van der Waals surface area (Å²) in [6, 6.07) is -0.631. The van der Waals surface area contributed by atoms with Crippen molar-refractivity contribution in [2.75, 3.05) is 13.2 Å². The van der Waals surface area contributed by atoms with Crippen LogP contribution in [-0.4, -0.2) is 47.4 Å². The van der Waals surface area contributed by atoms with Gasteiger partial charge in [-0.2, -0.15) is 0 Å². The Bertz CT molecular complexity index is 1310. The second-order valence-corrected chi connectivity index (χ2v) is 23.9. The van der Waals surface area contributed by atoms with Crippen LogP contribution in [0.3, 0.4) is 0 Å². The molecule has 0 aliphatic carbocycles. The molecule has 0 saturated heterocycles. The largest absolute Gasteiger partial charge is 0.466 e. The average molecular weight is 1090 g/mol. The lowest BCUT2D eigenvalue weighted by Crippen LogP contribution is -2.45. The van der Waals surface area contributed by atoms with Crippen molar-refractivity contribution in [1.82, 2.24) is 5.32 Å². The minimum Gasteiger partial charge on any atom is -0.466 e. The van der Waals surface area contributed by atoms with Crippen molar-refractivity contribution >= 4 is 11.9 Å². The lowest BCUT2D eigenvalue weighted by Gasteiger charge is -2.20. The van der Waals surface area contributed by atoms with Gasteiger partial charge in [-0.3, -0.25) is 9.59 Å². The first-order valence-corrected chi connectivity index (χ1v) is 34.9. The van der Waals surface area contributed by atoms with Crippen molar-refractivity contribution in [1.29, 1.82) is 0 Å². The van der Waals surface area contributed by atoms with E-state index in [1.807, 2.05) is 6.08 Å². The molecule has 6 heteroatoms. The fraction of sp³-hybridized carbons (Fsp3) is 0.861. The second kappa shape index (κ2) is 67.3. The van der Waals surface area contributed by atoms with Gasteiger partial charge in [0.25, 0.3) is 0 Å². The van der Waals surface area contributed by atoms with Crippen LogP contribution in [0, 0.1) is 0 Å². The van der Waals surface area contributed by atoms with E-state index < -0.39 is 12.1 Å². The van der Waals surface area contributed by atoms with Gasteiger partial charge in [0.2, 0.25) is 5.91 Å². The lowest BCUT2D eigenvalue weighted by molar-refractivity contribution is -0.143. The van der Waals surface area contributed by atoms with E-state index in [-0.39, 0.29) is 18.5 Å². The van der Waals surface area contributed by atoms with Crippen molar-refractivity contribution in [3.63, 3.8) is 0 Å². The predicted molar refractivity (Wildman–Crippen MR) is 342 cm³/mol. The molecule has 0 aliphatic rings. The molecule has 0 saturated carbocycles. The Morgan fingerprint density at radius 3 is 1.04 bits per heavy atom. The third-order valence-electron chi connectivity index (χ3n) is 16.0. The zero-order valence-corrected chi connectivity index (χ0v) is 52.4. The first-order valence-electron chi connectivity index (χ1n) is 34.9. The molecule has 6 nitrogen and oxygen atoms in total. The van der Waals surface area contributed by atoms with Crippen molar-refractivity contribution in [2.45, 2.75) is 386 Å². The van der Waals surface area contributed by atoms with Crippen LogP contribution in [-0.2, 0) is 14.3 Å². The first kappa shape index (κ1) is 75.8. The molecular weight excluding hydrogens is 959 g/mol. The fourth-order valence-electron chi connectivity index (χ4n) is 10.7. The molecular formula is C72H135NO5. The maximum absolute atomic E-state index is 12.5. The highest BCUT2D eigenvalue weighted by molar-refractivity contribution is 5.76. The summed E-state index contributed by atoms with van der Waals surface area (Å²) in [4.78, 5) is 24.6. The molecule has 0 heterocycles. The van der Waals surface area contributed by atoms with Gasteiger partial charge in [-0.15, -0.1) is 0 Å². The van der Waals surface area contributed by atoms with Crippen LogP contribution in [0.5, 0.6) is 0 Å². The zero-order valence-electron chi connectivity index (χ0n) is 52.4. The number of ether oxygens (including phenoxy) is 1. The predicted octanol–water partition coefficient (Wildman–Crippen LogP) is 22.5. The fourth-order valence-corrected chi connectivity index (χ4v) is 10.7. The molecule has 0 fully saturated rings. The number of carbonyl (C=O) groups is 2. The summed E-state index contributed by atoms with van der Waals surface area (Å²) < 4.78 is 5.47. The van der Waals surface area contributed by atoms with E-state index in [4.69, 9.17) is 4.74 Å². The highest BCUT2D eigenvalue weighted by Gasteiger charge is 2.18. The van der Waals surface area contributed by atoms with Gasteiger partial charge >= 0.3 is 5.97 Å². The van der Waals surface area contributed by atoms with E-state index in [9.17, 15) is 19.8 Å². The van der Waals surface area contributed by atoms with E-state index in [1.165, 1.54) is 295 Å². The Morgan fingerprint density at radius 1 is 0.359 bits per heavy atom. The van der Waals surface area contributed by atoms with Crippen molar-refractivity contribution in [3.05, 3.63) is 48.6 Å². The summed E-state index contributed by atoms with van der Waals surface area (Å²) >= 11 is 0. The van der Waals surface area contributed by atoms with Gasteiger partial charge in [0.15, 0.2) is 0 Å². The maximum Gasteiger partial charge on any atom is 0.305 e. The molecule has 0 rings (SSSR count). The van der Waals surface area contributed by atoms with Gasteiger partial charge in [0, 0.05) is 12.8 Å². The molecule has 0 aromatic rings. The zero-order chi connectivity index (χ0) is 56.4. The van der Waals surface area contributed by atoms with Crippen molar-refractivity contribution in [3.8, 4) is 0 Å². The highest BCUT2D eigenvalue weighted by atomic mass is 16.5. The first-order chi connectivity index (χ1) is 38.5. The van der Waals surface area contributed by atoms with Crippen LogP contribution < -0.4 is 5.32 Å². The Balaban J connectivity index is 3.43. The summed E-state index contributed by atoms with van der Waals surface area (Å²) in [5, 5.41) is 23.3. The maximum atomic E-state index is 12.5. The quantitative estimate of drug-likeness (QED) is 0.0320. The Morgan fingerprint density at radius 2 is 0.667 bits per heavy atom. The number of hydrogen-bond donors (Lipinski definition) is 3. The summed E-state index contributed by atoms with van der Waals surface area (Å²) in [6.45, 7) is 4.86. The van der Waals surface area contributed by atoms with Crippen LogP contribution in [0.4, 0.5) is 0 Å². The standard InChI is InChI=1S/C72H135NO5/c1-3-5-7-9-11-13-15-17-18-19-20-21-28-31-34-37-41-44-48-52-56-60-64-70(75)69(68-74)73-71(76)65-61-57-53-49-45-42-38-35-32-29-26-24-22-23-25-27-30-33-36-39-43-47-51-55-59-63-67-78-72(77)66-62-58-54-50-46-40-16-14-12-10-8-6-4-2/h8,10,14,16,22,24,60,64,69-70,74-75H,3-7,9,11-13,15,17-21,23,25-59,61-63,65-68H2,1-2H3,(H,73,76)/b10-8-,16-14-,24-22-,64-60+. The van der Waals surface area contributed by atoms with Crippen molar-refractivity contribution < 1.29 is 24.5 Å². The molecule has 458 valence electrons. The minimum atomic E-state index is -0.848. The number of amides is 1. The molecule has 0 aliphatic heterocycles. The molecule has 0 radical (unpaired) electrons. The number of aliphatic hydroxyl groups is 2. The minimum absolute atomic E-state index is 0.00140. The van der Waals surface area contributed by atoms with Crippen LogP contribution >= 0.6 is 0 Å². The van der Waals surface area contributed by atoms with Gasteiger partial charge in [-0.25, -0.2) is 0 Å². The molecule has 2 atom stereocenters. The van der Waals surface area contributed by atoms with Gasteiger partial charge in [-0.05, 0) is 83.5 Å². The average Bonchev–Trinajstić information content (AvgIpc) is 3.44.